The van der Waals surface area contributed by atoms with Crippen LogP contribution in [0.15, 0.2) is 34.3 Å². The van der Waals surface area contributed by atoms with Gasteiger partial charge < -0.3 is 4.84 Å². The summed E-state index contributed by atoms with van der Waals surface area (Å²) >= 11 is 0. The predicted molar refractivity (Wildman–Crippen MR) is 80.6 cm³/mol. The number of hydrogen-bond donors (Lipinski definition) is 0. The van der Waals surface area contributed by atoms with Crippen LogP contribution in [0.25, 0.3) is 0 Å². The van der Waals surface area contributed by atoms with Crippen molar-refractivity contribution in [1.82, 2.24) is 4.31 Å². The van der Waals surface area contributed by atoms with Gasteiger partial charge in [0, 0.05) is 19.0 Å². The molecule has 0 amide bonds. The Bertz CT molecular complexity index is 681. The Morgan fingerprint density at radius 3 is 2.62 bits per heavy atom. The molecule has 6 heteroatoms. The maximum absolute atomic E-state index is 12.7. The molecular formula is C15H20N2O3S. The summed E-state index contributed by atoms with van der Waals surface area (Å²) in [5, 5.41) is 4.01. The zero-order valence-electron chi connectivity index (χ0n) is 12.5. The number of hydrogen-bond acceptors (Lipinski definition) is 4. The largest absolute Gasteiger partial charge is 0.399 e. The van der Waals surface area contributed by atoms with Gasteiger partial charge in [0.15, 0.2) is 0 Å². The van der Waals surface area contributed by atoms with Crippen molar-refractivity contribution in [3.63, 3.8) is 0 Å². The molecule has 1 aromatic rings. The second-order valence-corrected chi connectivity index (χ2v) is 8.20. The third-order valence-corrected chi connectivity index (χ3v) is 6.45. The lowest BCUT2D eigenvalue weighted by Gasteiger charge is -2.41. The highest BCUT2D eigenvalue weighted by Gasteiger charge is 2.57. The minimum atomic E-state index is -3.42. The molecule has 2 aliphatic rings. The Kier molecular flexibility index (Phi) is 3.33. The number of nitrogens with zero attached hydrogens (tertiary/aromatic N) is 2. The fourth-order valence-electron chi connectivity index (χ4n) is 3.35. The number of rotatable bonds is 3. The molecular weight excluding hydrogens is 288 g/mol. The molecule has 1 aliphatic carbocycles. The smallest absolute Gasteiger partial charge is 0.243 e. The van der Waals surface area contributed by atoms with Crippen LogP contribution in [0.3, 0.4) is 0 Å². The molecule has 2 atom stereocenters. The number of benzene rings is 1. The van der Waals surface area contributed by atoms with Crippen molar-refractivity contribution in [2.24, 2.45) is 16.5 Å². The topological polar surface area (TPSA) is 59.0 Å². The molecule has 0 radical (unpaired) electrons. The van der Waals surface area contributed by atoms with Crippen LogP contribution in [-0.4, -0.2) is 38.6 Å². The van der Waals surface area contributed by atoms with E-state index in [1.165, 1.54) is 7.11 Å². The van der Waals surface area contributed by atoms with Gasteiger partial charge in [-0.15, -0.1) is 0 Å². The van der Waals surface area contributed by atoms with Gasteiger partial charge in [-0.25, -0.2) is 8.42 Å². The fraction of sp³-hybridized carbons (Fsp3) is 0.533. The first-order valence-corrected chi connectivity index (χ1v) is 8.47. The van der Waals surface area contributed by atoms with Crippen molar-refractivity contribution >= 4 is 15.7 Å². The molecule has 114 valence electrons. The van der Waals surface area contributed by atoms with Crippen molar-refractivity contribution in [3.05, 3.63) is 29.8 Å². The van der Waals surface area contributed by atoms with E-state index in [9.17, 15) is 8.42 Å². The fourth-order valence-corrected chi connectivity index (χ4v) is 4.94. The van der Waals surface area contributed by atoms with Gasteiger partial charge in [0.05, 0.1) is 10.6 Å². The maximum atomic E-state index is 12.7. The second-order valence-electron chi connectivity index (χ2n) is 6.26. The molecule has 1 aromatic carbocycles. The van der Waals surface area contributed by atoms with Gasteiger partial charge in [0.25, 0.3) is 0 Å². The minimum Gasteiger partial charge on any atom is -0.399 e. The summed E-state index contributed by atoms with van der Waals surface area (Å²) in [6.07, 6.45) is 0.811. The Balaban J connectivity index is 1.86. The van der Waals surface area contributed by atoms with Crippen LogP contribution in [0.4, 0.5) is 0 Å². The highest BCUT2D eigenvalue weighted by atomic mass is 32.2. The monoisotopic (exact) mass is 308 g/mol. The van der Waals surface area contributed by atoms with Crippen LogP contribution < -0.4 is 0 Å². The molecule has 0 aromatic heterocycles. The molecule has 0 spiro atoms. The summed E-state index contributed by atoms with van der Waals surface area (Å²) in [4.78, 5) is 5.20. The van der Waals surface area contributed by atoms with Crippen LogP contribution in [0.1, 0.15) is 18.9 Å². The molecule has 2 fully saturated rings. The average Bonchev–Trinajstić information content (AvgIpc) is 2.70. The zero-order chi connectivity index (χ0) is 15.3. The quantitative estimate of drug-likeness (QED) is 0.803. The second kappa shape index (κ2) is 4.81. The third kappa shape index (κ3) is 2.26. The molecule has 2 unspecified atom stereocenters. The van der Waals surface area contributed by atoms with Gasteiger partial charge in [0.1, 0.15) is 7.11 Å². The van der Waals surface area contributed by atoms with Crippen LogP contribution in [0.2, 0.25) is 0 Å². The zero-order valence-corrected chi connectivity index (χ0v) is 13.4. The first kappa shape index (κ1) is 14.5. The Morgan fingerprint density at radius 1 is 1.33 bits per heavy atom. The standard InChI is InChI=1S/C15H20N2O3S/c1-11-4-6-12(7-5-11)21(18,19)17-9-13-14(16-20-3)8-15(13,2)10-17/h4-7,13H,8-10H2,1-3H3. The lowest BCUT2D eigenvalue weighted by atomic mass is 9.62. The summed E-state index contributed by atoms with van der Waals surface area (Å²) in [6, 6.07) is 7.02. The highest BCUT2D eigenvalue weighted by Crippen LogP contribution is 2.50. The van der Waals surface area contributed by atoms with Crippen molar-refractivity contribution in [3.8, 4) is 0 Å². The number of oxime groups is 1. The molecule has 0 bridgehead atoms. The predicted octanol–water partition coefficient (Wildman–Crippen LogP) is 2.03. The minimum absolute atomic E-state index is 0.00483. The van der Waals surface area contributed by atoms with Gasteiger partial charge in [-0.3, -0.25) is 0 Å². The molecule has 3 rings (SSSR count). The van der Waals surface area contributed by atoms with E-state index < -0.39 is 10.0 Å². The van der Waals surface area contributed by atoms with Crippen LogP contribution in [0.5, 0.6) is 0 Å². The Hall–Kier alpha value is -1.40. The molecule has 1 saturated carbocycles. The van der Waals surface area contributed by atoms with Crippen LogP contribution in [-0.2, 0) is 14.9 Å². The van der Waals surface area contributed by atoms with E-state index >= 15 is 0 Å². The summed E-state index contributed by atoms with van der Waals surface area (Å²) in [7, 11) is -1.89. The number of sulfonamides is 1. The molecule has 5 nitrogen and oxygen atoms in total. The summed E-state index contributed by atoms with van der Waals surface area (Å²) in [6.45, 7) is 5.11. The lowest BCUT2D eigenvalue weighted by molar-refractivity contribution is 0.185. The van der Waals surface area contributed by atoms with E-state index in [0.29, 0.717) is 18.0 Å². The summed E-state index contributed by atoms with van der Waals surface area (Å²) in [5.74, 6) is 0.178. The average molecular weight is 308 g/mol. The van der Waals surface area contributed by atoms with Gasteiger partial charge in [0.2, 0.25) is 10.0 Å². The summed E-state index contributed by atoms with van der Waals surface area (Å²) < 4.78 is 27.0. The van der Waals surface area contributed by atoms with Gasteiger partial charge in [-0.2, -0.15) is 4.31 Å². The van der Waals surface area contributed by atoms with E-state index in [2.05, 4.69) is 12.1 Å². The van der Waals surface area contributed by atoms with E-state index in [1.54, 1.807) is 16.4 Å². The Labute approximate surface area is 125 Å². The van der Waals surface area contributed by atoms with Gasteiger partial charge >= 0.3 is 0 Å². The first-order chi connectivity index (χ1) is 9.87. The van der Waals surface area contributed by atoms with Gasteiger partial charge in [-0.05, 0) is 30.9 Å². The maximum Gasteiger partial charge on any atom is 0.243 e. The molecule has 0 N–H and O–H groups in total. The van der Waals surface area contributed by atoms with Crippen molar-refractivity contribution in [2.45, 2.75) is 25.2 Å². The van der Waals surface area contributed by atoms with Crippen molar-refractivity contribution in [1.29, 1.82) is 0 Å². The normalized spacial score (nSPS) is 31.0. The molecule has 1 heterocycles. The van der Waals surface area contributed by atoms with E-state index in [0.717, 1.165) is 17.7 Å². The Morgan fingerprint density at radius 2 is 2.00 bits per heavy atom. The van der Waals surface area contributed by atoms with Crippen LogP contribution >= 0.6 is 0 Å². The number of aryl methyl sites for hydroxylation is 1. The third-order valence-electron chi connectivity index (χ3n) is 4.62. The lowest BCUT2D eigenvalue weighted by Crippen LogP contribution is -2.45. The van der Waals surface area contributed by atoms with Crippen molar-refractivity contribution < 1.29 is 13.3 Å². The van der Waals surface area contributed by atoms with E-state index in [-0.39, 0.29) is 11.3 Å². The number of fused-ring (bicyclic) bond motifs is 1. The summed E-state index contributed by atoms with van der Waals surface area (Å²) in [5.41, 5.74) is 2.02. The first-order valence-electron chi connectivity index (χ1n) is 7.03. The molecule has 1 saturated heterocycles. The molecule has 21 heavy (non-hydrogen) atoms. The SMILES string of the molecule is CON=C1CC2(C)CN(S(=O)(=O)c3ccc(C)cc3)CC12. The van der Waals surface area contributed by atoms with E-state index in [1.807, 2.05) is 19.1 Å². The molecule has 1 aliphatic heterocycles. The van der Waals surface area contributed by atoms with Crippen LogP contribution in [0, 0.1) is 18.3 Å². The highest BCUT2D eigenvalue weighted by molar-refractivity contribution is 7.89. The van der Waals surface area contributed by atoms with Gasteiger partial charge in [-0.1, -0.05) is 29.8 Å². The van der Waals surface area contributed by atoms with E-state index in [4.69, 9.17) is 4.84 Å². The van der Waals surface area contributed by atoms with Crippen molar-refractivity contribution in [2.75, 3.05) is 20.2 Å².